The number of nitrogens with one attached hydrogen (secondary N) is 1. The lowest BCUT2D eigenvalue weighted by Crippen LogP contribution is -2.30. The first-order valence-electron chi connectivity index (χ1n) is 11.3. The van der Waals surface area contributed by atoms with Crippen LogP contribution in [-0.4, -0.2) is 51.7 Å². The molecule has 0 fully saturated rings. The number of ether oxygens (including phenoxy) is 1. The molecule has 1 aliphatic carbocycles. The summed E-state index contributed by atoms with van der Waals surface area (Å²) < 4.78 is 5.45. The monoisotopic (exact) mass is 477 g/mol. The number of amides is 1. The Morgan fingerprint density at radius 2 is 1.57 bits per heavy atom. The number of aliphatic hydroxyl groups excluding tert-OH is 2. The lowest BCUT2D eigenvalue weighted by Gasteiger charge is -2.20. The largest absolute Gasteiger partial charge is 0.508 e. The van der Waals surface area contributed by atoms with E-state index >= 15 is 0 Å². The summed E-state index contributed by atoms with van der Waals surface area (Å²) in [5.41, 5.74) is 4.87. The third-order valence-corrected chi connectivity index (χ3v) is 6.18. The molecule has 0 aliphatic heterocycles. The Bertz CT molecular complexity index is 1180. The number of carbonyl (C=O) groups excluding carboxylic acids is 1. The minimum atomic E-state index is -1.45. The van der Waals surface area contributed by atoms with Crippen LogP contribution in [0, 0.1) is 0 Å². The van der Waals surface area contributed by atoms with Gasteiger partial charge in [-0.2, -0.15) is 0 Å². The van der Waals surface area contributed by atoms with Gasteiger partial charge in [-0.25, -0.2) is 4.79 Å². The highest BCUT2D eigenvalue weighted by molar-refractivity contribution is 5.79. The minimum absolute atomic E-state index is 0.00599. The number of phenols is 1. The van der Waals surface area contributed by atoms with E-state index in [0.717, 1.165) is 22.3 Å². The molecule has 0 heterocycles. The van der Waals surface area contributed by atoms with Crippen molar-refractivity contribution in [2.75, 3.05) is 13.2 Å². The van der Waals surface area contributed by atoms with Crippen LogP contribution in [0.3, 0.4) is 0 Å². The fraction of sp³-hybridized carbons (Fsp3) is 0.259. The number of hydrogen-bond acceptors (Lipinski definition) is 6. The molecule has 0 bridgehead atoms. The van der Waals surface area contributed by atoms with E-state index in [9.17, 15) is 24.9 Å². The molecule has 1 aliphatic rings. The maximum atomic E-state index is 12.3. The van der Waals surface area contributed by atoms with Crippen molar-refractivity contribution in [3.8, 4) is 16.9 Å². The predicted molar refractivity (Wildman–Crippen MR) is 128 cm³/mol. The highest BCUT2D eigenvalue weighted by atomic mass is 16.5. The first kappa shape index (κ1) is 24.3. The number of carboxylic acid groups (broad SMARTS) is 1. The maximum Gasteiger partial charge on any atom is 0.407 e. The fourth-order valence-electron chi connectivity index (χ4n) is 4.46. The summed E-state index contributed by atoms with van der Waals surface area (Å²) in [6.45, 7) is 0.194. The van der Waals surface area contributed by atoms with Gasteiger partial charge in [-0.3, -0.25) is 4.79 Å². The van der Waals surface area contributed by atoms with E-state index in [4.69, 9.17) is 9.84 Å². The van der Waals surface area contributed by atoms with Gasteiger partial charge in [-0.15, -0.1) is 0 Å². The summed E-state index contributed by atoms with van der Waals surface area (Å²) >= 11 is 0. The first-order chi connectivity index (χ1) is 16.8. The van der Waals surface area contributed by atoms with E-state index in [1.54, 1.807) is 0 Å². The van der Waals surface area contributed by atoms with Crippen molar-refractivity contribution in [2.24, 2.45) is 0 Å². The Morgan fingerprint density at radius 3 is 2.20 bits per heavy atom. The number of carbonyl (C=O) groups is 2. The van der Waals surface area contributed by atoms with Gasteiger partial charge in [0.1, 0.15) is 18.5 Å². The number of aromatic hydroxyl groups is 1. The zero-order valence-electron chi connectivity index (χ0n) is 18.9. The molecule has 4 rings (SSSR count). The first-order valence-corrected chi connectivity index (χ1v) is 11.3. The average molecular weight is 478 g/mol. The van der Waals surface area contributed by atoms with Gasteiger partial charge >= 0.3 is 12.1 Å². The second-order valence-electron chi connectivity index (χ2n) is 8.52. The lowest BCUT2D eigenvalue weighted by atomic mass is 9.98. The Kier molecular flexibility index (Phi) is 7.33. The number of hydrogen-bond donors (Lipinski definition) is 5. The van der Waals surface area contributed by atoms with Gasteiger partial charge in [0.05, 0.1) is 12.5 Å². The van der Waals surface area contributed by atoms with Crippen LogP contribution in [0.5, 0.6) is 5.75 Å². The van der Waals surface area contributed by atoms with Gasteiger partial charge in [-0.1, -0.05) is 54.6 Å². The molecule has 2 atom stereocenters. The van der Waals surface area contributed by atoms with Gasteiger partial charge < -0.3 is 30.5 Å². The second-order valence-corrected chi connectivity index (χ2v) is 8.52. The van der Waals surface area contributed by atoms with E-state index < -0.39 is 24.3 Å². The van der Waals surface area contributed by atoms with Crippen LogP contribution >= 0.6 is 0 Å². The van der Waals surface area contributed by atoms with Crippen LogP contribution in [0.2, 0.25) is 0 Å². The molecule has 0 saturated carbocycles. The summed E-state index contributed by atoms with van der Waals surface area (Å²) in [4.78, 5) is 23.2. The Hall–Kier alpha value is -3.88. The standard InChI is InChI=1S/C27H27NO7/c29-23-10-9-16(14-25(31)32)13-21(23)26(33)24(30)11-12-28-27(34)35-15-22-19-7-3-1-5-17(19)18-6-2-4-8-20(18)22/h1-10,13,22,24,26,29-30,33H,11-12,14-15H2,(H,28,34)(H,31,32). The number of aliphatic hydroxyl groups is 2. The van der Waals surface area contributed by atoms with Crippen LogP contribution < -0.4 is 5.32 Å². The average Bonchev–Trinajstić information content (AvgIpc) is 3.17. The summed E-state index contributed by atoms with van der Waals surface area (Å²) in [7, 11) is 0. The van der Waals surface area contributed by atoms with E-state index in [0.29, 0.717) is 5.56 Å². The molecule has 0 spiro atoms. The lowest BCUT2D eigenvalue weighted by molar-refractivity contribution is -0.136. The van der Waals surface area contributed by atoms with Crippen LogP contribution in [0.4, 0.5) is 4.79 Å². The quantitative estimate of drug-likeness (QED) is 0.319. The molecule has 1 amide bonds. The number of aliphatic carboxylic acids is 1. The molecular formula is C27H27NO7. The predicted octanol–water partition coefficient (Wildman–Crippen LogP) is 3.34. The van der Waals surface area contributed by atoms with Gasteiger partial charge in [0.2, 0.25) is 0 Å². The second kappa shape index (κ2) is 10.6. The summed E-state index contributed by atoms with van der Waals surface area (Å²) in [6.07, 6.45) is -3.67. The summed E-state index contributed by atoms with van der Waals surface area (Å²) in [6, 6.07) is 20.1. The molecule has 182 valence electrons. The molecule has 3 aromatic rings. The van der Waals surface area contributed by atoms with E-state index in [2.05, 4.69) is 17.4 Å². The normalized spacial score (nSPS) is 14.0. The highest BCUT2D eigenvalue weighted by Crippen LogP contribution is 2.44. The maximum absolute atomic E-state index is 12.3. The zero-order chi connectivity index (χ0) is 24.9. The molecule has 2 unspecified atom stereocenters. The molecule has 8 nitrogen and oxygen atoms in total. The molecular weight excluding hydrogens is 450 g/mol. The molecule has 8 heteroatoms. The van der Waals surface area contributed by atoms with Crippen molar-refractivity contribution in [1.29, 1.82) is 0 Å². The van der Waals surface area contributed by atoms with Crippen molar-refractivity contribution in [1.82, 2.24) is 5.32 Å². The van der Waals surface area contributed by atoms with Gasteiger partial charge in [-0.05, 0) is 46.4 Å². The third kappa shape index (κ3) is 5.45. The Balaban J connectivity index is 1.29. The van der Waals surface area contributed by atoms with E-state index in [1.807, 2.05) is 36.4 Å². The SMILES string of the molecule is O=C(O)Cc1ccc(O)c(C(O)C(O)CCNC(=O)OCC2c3ccccc3-c3ccccc32)c1. The molecule has 0 aromatic heterocycles. The molecule has 3 aromatic carbocycles. The van der Waals surface area contributed by atoms with Gasteiger partial charge in [0.15, 0.2) is 0 Å². The van der Waals surface area contributed by atoms with Crippen molar-refractivity contribution in [2.45, 2.75) is 31.0 Å². The number of rotatable bonds is 9. The van der Waals surface area contributed by atoms with Crippen LogP contribution in [0.15, 0.2) is 66.7 Å². The number of carboxylic acids is 1. The van der Waals surface area contributed by atoms with E-state index in [1.165, 1.54) is 18.2 Å². The number of benzene rings is 3. The Morgan fingerprint density at radius 1 is 0.943 bits per heavy atom. The Labute approximate surface area is 202 Å². The van der Waals surface area contributed by atoms with E-state index in [-0.39, 0.29) is 43.2 Å². The topological polar surface area (TPSA) is 136 Å². The fourth-order valence-corrected chi connectivity index (χ4v) is 4.46. The van der Waals surface area contributed by atoms with Crippen molar-refractivity contribution in [3.05, 3.63) is 89.0 Å². The number of alkyl carbamates (subject to hydrolysis) is 1. The van der Waals surface area contributed by atoms with Crippen molar-refractivity contribution in [3.63, 3.8) is 0 Å². The molecule has 0 radical (unpaired) electrons. The van der Waals surface area contributed by atoms with Gasteiger partial charge in [0, 0.05) is 18.0 Å². The summed E-state index contributed by atoms with van der Waals surface area (Å²) in [5.74, 6) is -1.37. The molecule has 5 N–H and O–H groups in total. The third-order valence-electron chi connectivity index (χ3n) is 6.18. The van der Waals surface area contributed by atoms with Crippen LogP contribution in [0.25, 0.3) is 11.1 Å². The number of fused-ring (bicyclic) bond motifs is 3. The highest BCUT2D eigenvalue weighted by Gasteiger charge is 2.29. The molecule has 0 saturated heterocycles. The van der Waals surface area contributed by atoms with Crippen LogP contribution in [0.1, 0.15) is 40.7 Å². The van der Waals surface area contributed by atoms with Gasteiger partial charge in [0.25, 0.3) is 0 Å². The summed E-state index contributed by atoms with van der Waals surface area (Å²) in [5, 5.41) is 42.3. The smallest absolute Gasteiger partial charge is 0.407 e. The van der Waals surface area contributed by atoms with Crippen molar-refractivity contribution >= 4 is 12.1 Å². The minimum Gasteiger partial charge on any atom is -0.508 e. The molecule has 35 heavy (non-hydrogen) atoms. The number of phenolic OH excluding ortho intramolecular Hbond substituents is 1. The van der Waals surface area contributed by atoms with Crippen LogP contribution in [-0.2, 0) is 16.0 Å². The zero-order valence-corrected chi connectivity index (χ0v) is 18.9. The van der Waals surface area contributed by atoms with Crippen molar-refractivity contribution < 1.29 is 34.8 Å².